The normalized spacial score (nSPS) is 12.1. The van der Waals surface area contributed by atoms with Gasteiger partial charge in [-0.05, 0) is 13.8 Å². The lowest BCUT2D eigenvalue weighted by atomic mass is 10.2. The second kappa shape index (κ2) is 5.69. The molecule has 0 bridgehead atoms. The SMILES string of the molecule is CCN(CC(C)C#N)c1nc(CN)cs1. The second-order valence-electron chi connectivity index (χ2n) is 3.39. The van der Waals surface area contributed by atoms with Crippen LogP contribution in [-0.2, 0) is 6.54 Å². The van der Waals surface area contributed by atoms with Crippen molar-refractivity contribution in [3.63, 3.8) is 0 Å². The molecule has 0 aliphatic heterocycles. The van der Waals surface area contributed by atoms with Crippen molar-refractivity contribution >= 4 is 16.5 Å². The molecule has 0 aromatic carbocycles. The first-order valence-electron chi connectivity index (χ1n) is 5.00. The van der Waals surface area contributed by atoms with E-state index in [-0.39, 0.29) is 5.92 Å². The molecule has 1 atom stereocenters. The van der Waals surface area contributed by atoms with Gasteiger partial charge >= 0.3 is 0 Å². The summed E-state index contributed by atoms with van der Waals surface area (Å²) in [4.78, 5) is 6.51. The fraction of sp³-hybridized carbons (Fsp3) is 0.600. The molecule has 15 heavy (non-hydrogen) atoms. The van der Waals surface area contributed by atoms with Crippen LogP contribution in [0.25, 0.3) is 0 Å². The summed E-state index contributed by atoms with van der Waals surface area (Å²) >= 11 is 1.58. The van der Waals surface area contributed by atoms with Gasteiger partial charge in [0.1, 0.15) is 0 Å². The molecule has 0 aliphatic carbocycles. The highest BCUT2D eigenvalue weighted by Gasteiger charge is 2.12. The van der Waals surface area contributed by atoms with E-state index in [0.29, 0.717) is 6.54 Å². The lowest BCUT2D eigenvalue weighted by Crippen LogP contribution is -2.27. The van der Waals surface area contributed by atoms with Crippen LogP contribution in [0.15, 0.2) is 5.38 Å². The first kappa shape index (κ1) is 12.0. The van der Waals surface area contributed by atoms with E-state index in [1.165, 1.54) is 0 Å². The van der Waals surface area contributed by atoms with Crippen LogP contribution in [0.2, 0.25) is 0 Å². The maximum atomic E-state index is 8.76. The molecule has 1 heterocycles. The summed E-state index contributed by atoms with van der Waals surface area (Å²) in [5.41, 5.74) is 6.42. The first-order valence-corrected chi connectivity index (χ1v) is 5.88. The van der Waals surface area contributed by atoms with E-state index in [2.05, 4.69) is 22.9 Å². The molecular formula is C10H16N4S. The van der Waals surface area contributed by atoms with E-state index >= 15 is 0 Å². The van der Waals surface area contributed by atoms with E-state index in [9.17, 15) is 0 Å². The van der Waals surface area contributed by atoms with Crippen LogP contribution in [0, 0.1) is 17.2 Å². The maximum Gasteiger partial charge on any atom is 0.185 e. The minimum Gasteiger partial charge on any atom is -0.347 e. The topological polar surface area (TPSA) is 65.9 Å². The smallest absolute Gasteiger partial charge is 0.185 e. The lowest BCUT2D eigenvalue weighted by molar-refractivity contribution is 0.683. The van der Waals surface area contributed by atoms with Gasteiger partial charge in [-0.1, -0.05) is 0 Å². The van der Waals surface area contributed by atoms with Gasteiger partial charge in [-0.2, -0.15) is 5.26 Å². The first-order chi connectivity index (χ1) is 7.21. The van der Waals surface area contributed by atoms with Crippen LogP contribution in [0.4, 0.5) is 5.13 Å². The van der Waals surface area contributed by atoms with Gasteiger partial charge in [-0.15, -0.1) is 11.3 Å². The molecule has 0 spiro atoms. The van der Waals surface area contributed by atoms with Crippen LogP contribution in [0.5, 0.6) is 0 Å². The highest BCUT2D eigenvalue weighted by Crippen LogP contribution is 2.20. The molecule has 0 radical (unpaired) electrons. The van der Waals surface area contributed by atoms with Gasteiger partial charge in [0.15, 0.2) is 5.13 Å². The van der Waals surface area contributed by atoms with Crippen LogP contribution < -0.4 is 10.6 Å². The highest BCUT2D eigenvalue weighted by atomic mass is 32.1. The number of aromatic nitrogens is 1. The molecule has 4 nitrogen and oxygen atoms in total. The molecule has 0 amide bonds. The third-order valence-corrected chi connectivity index (χ3v) is 3.07. The monoisotopic (exact) mass is 224 g/mol. The van der Waals surface area contributed by atoms with Gasteiger partial charge in [0.2, 0.25) is 0 Å². The van der Waals surface area contributed by atoms with Crippen LogP contribution >= 0.6 is 11.3 Å². The maximum absolute atomic E-state index is 8.76. The molecule has 1 rings (SSSR count). The molecule has 2 N–H and O–H groups in total. The Morgan fingerprint density at radius 1 is 1.73 bits per heavy atom. The highest BCUT2D eigenvalue weighted by molar-refractivity contribution is 7.13. The standard InChI is InChI=1S/C10H16N4S/c1-3-14(6-8(2)4-11)10-13-9(5-12)7-15-10/h7-8H,3,5-6,12H2,1-2H3. The fourth-order valence-corrected chi connectivity index (χ4v) is 2.16. The average Bonchev–Trinajstić information content (AvgIpc) is 2.73. The van der Waals surface area contributed by atoms with Gasteiger partial charge in [0.05, 0.1) is 17.7 Å². The summed E-state index contributed by atoms with van der Waals surface area (Å²) in [7, 11) is 0. The summed E-state index contributed by atoms with van der Waals surface area (Å²) in [6.07, 6.45) is 0. The van der Waals surface area contributed by atoms with E-state index in [0.717, 1.165) is 23.9 Å². The predicted molar refractivity (Wildman–Crippen MR) is 62.7 cm³/mol. The molecule has 0 saturated carbocycles. The van der Waals surface area contributed by atoms with Gasteiger partial charge in [0.25, 0.3) is 0 Å². The Labute approximate surface area is 94.3 Å². The van der Waals surface area contributed by atoms with Crippen molar-refractivity contribution in [2.45, 2.75) is 20.4 Å². The van der Waals surface area contributed by atoms with Crippen molar-refractivity contribution < 1.29 is 0 Å². The van der Waals surface area contributed by atoms with Crippen molar-refractivity contribution in [1.29, 1.82) is 5.26 Å². The zero-order valence-electron chi connectivity index (χ0n) is 9.10. The van der Waals surface area contributed by atoms with Crippen molar-refractivity contribution in [3.8, 4) is 6.07 Å². The quantitative estimate of drug-likeness (QED) is 0.824. The third-order valence-electron chi connectivity index (χ3n) is 2.12. The van der Waals surface area contributed by atoms with Gasteiger partial charge < -0.3 is 10.6 Å². The van der Waals surface area contributed by atoms with Crippen molar-refractivity contribution in [2.75, 3.05) is 18.0 Å². The zero-order chi connectivity index (χ0) is 11.3. The van der Waals surface area contributed by atoms with E-state index in [1.54, 1.807) is 11.3 Å². The molecule has 1 aromatic heterocycles. The molecule has 1 aromatic rings. The molecule has 1 unspecified atom stereocenters. The Balaban J connectivity index is 2.70. The Kier molecular flexibility index (Phi) is 4.53. The lowest BCUT2D eigenvalue weighted by Gasteiger charge is -2.20. The van der Waals surface area contributed by atoms with Crippen molar-refractivity contribution in [2.24, 2.45) is 11.7 Å². The van der Waals surface area contributed by atoms with Crippen molar-refractivity contribution in [3.05, 3.63) is 11.1 Å². The number of hydrogen-bond donors (Lipinski definition) is 1. The summed E-state index contributed by atoms with van der Waals surface area (Å²) in [5, 5.41) is 11.7. The number of nitrogens with two attached hydrogens (primary N) is 1. The molecular weight excluding hydrogens is 208 g/mol. The summed E-state index contributed by atoms with van der Waals surface area (Å²) < 4.78 is 0. The van der Waals surface area contributed by atoms with Crippen LogP contribution in [0.3, 0.4) is 0 Å². The van der Waals surface area contributed by atoms with Crippen molar-refractivity contribution in [1.82, 2.24) is 4.98 Å². The van der Waals surface area contributed by atoms with E-state index in [1.807, 2.05) is 12.3 Å². The minimum absolute atomic E-state index is 0.0233. The fourth-order valence-electron chi connectivity index (χ4n) is 1.25. The summed E-state index contributed by atoms with van der Waals surface area (Å²) in [6.45, 7) is 6.05. The molecule has 5 heteroatoms. The molecule has 0 aliphatic rings. The summed E-state index contributed by atoms with van der Waals surface area (Å²) in [6, 6.07) is 2.23. The van der Waals surface area contributed by atoms with Crippen LogP contribution in [0.1, 0.15) is 19.5 Å². The predicted octanol–water partition coefficient (Wildman–Crippen LogP) is 1.59. The molecule has 0 fully saturated rings. The van der Waals surface area contributed by atoms with Gasteiger partial charge in [-0.3, -0.25) is 0 Å². The molecule has 82 valence electrons. The number of hydrogen-bond acceptors (Lipinski definition) is 5. The second-order valence-corrected chi connectivity index (χ2v) is 4.23. The van der Waals surface area contributed by atoms with Gasteiger partial charge in [-0.25, -0.2) is 4.98 Å². The summed E-state index contributed by atoms with van der Waals surface area (Å²) in [5.74, 6) is 0.0233. The minimum atomic E-state index is 0.0233. The Morgan fingerprint density at radius 2 is 2.47 bits per heavy atom. The largest absolute Gasteiger partial charge is 0.347 e. The average molecular weight is 224 g/mol. The Bertz CT molecular complexity index is 341. The van der Waals surface area contributed by atoms with E-state index in [4.69, 9.17) is 11.0 Å². The number of anilines is 1. The zero-order valence-corrected chi connectivity index (χ0v) is 9.92. The number of nitrogens with zero attached hydrogens (tertiary/aromatic N) is 3. The molecule has 0 saturated heterocycles. The third kappa shape index (κ3) is 3.18. The number of nitriles is 1. The Morgan fingerprint density at radius 3 is 2.93 bits per heavy atom. The number of thiazole rings is 1. The van der Waals surface area contributed by atoms with Crippen LogP contribution in [-0.4, -0.2) is 18.1 Å². The van der Waals surface area contributed by atoms with Gasteiger partial charge in [0, 0.05) is 25.0 Å². The number of rotatable bonds is 5. The van der Waals surface area contributed by atoms with E-state index < -0.39 is 0 Å². The Hall–Kier alpha value is -1.12.